The first-order chi connectivity index (χ1) is 5.49. The maximum absolute atomic E-state index is 2.31. The number of hydrogen-bond donors (Lipinski definition) is 0. The van der Waals surface area contributed by atoms with Gasteiger partial charge in [-0.25, -0.2) is 0 Å². The molecule has 0 N–H and O–H groups in total. The predicted octanol–water partition coefficient (Wildman–Crippen LogP) is 4.32. The van der Waals surface area contributed by atoms with Crippen LogP contribution in [0.25, 0.3) is 0 Å². The summed E-state index contributed by atoms with van der Waals surface area (Å²) in [7, 11) is 0. The van der Waals surface area contributed by atoms with Crippen molar-refractivity contribution in [2.75, 3.05) is 0 Å². The molecule has 1 unspecified atom stereocenters. The summed E-state index contributed by atoms with van der Waals surface area (Å²) in [4.78, 5) is 1.52. The van der Waals surface area contributed by atoms with Gasteiger partial charge in [-0.2, -0.15) is 0 Å². The lowest BCUT2D eigenvalue weighted by atomic mass is 10.1. The van der Waals surface area contributed by atoms with Gasteiger partial charge in [-0.1, -0.05) is 40.7 Å². The molecule has 72 valence electrons. The monoisotopic (exact) mass is 186 g/mol. The van der Waals surface area contributed by atoms with Crippen LogP contribution < -0.4 is 0 Å². The minimum Gasteiger partial charge on any atom is -0.127 e. The van der Waals surface area contributed by atoms with Gasteiger partial charge in [-0.3, -0.25) is 0 Å². The molecular formula is C11H22S. The van der Waals surface area contributed by atoms with Gasteiger partial charge >= 0.3 is 0 Å². The Hall–Kier alpha value is 0.0900. The van der Waals surface area contributed by atoms with Crippen LogP contribution in [0.1, 0.15) is 41.5 Å². The lowest BCUT2D eigenvalue weighted by Gasteiger charge is -2.19. The van der Waals surface area contributed by atoms with Crippen LogP contribution in [0.2, 0.25) is 0 Å². The van der Waals surface area contributed by atoms with Gasteiger partial charge in [0.25, 0.3) is 0 Å². The van der Waals surface area contributed by atoms with Crippen molar-refractivity contribution in [2.24, 2.45) is 11.8 Å². The fourth-order valence-electron chi connectivity index (χ4n) is 0.888. The van der Waals surface area contributed by atoms with Gasteiger partial charge in [0.1, 0.15) is 0 Å². The second-order valence-corrected chi connectivity index (χ2v) is 5.36. The summed E-state index contributed by atoms with van der Waals surface area (Å²) >= 11 is 2.02. The molecular weight excluding hydrogens is 164 g/mol. The molecule has 0 aromatic rings. The van der Waals surface area contributed by atoms with Crippen molar-refractivity contribution in [2.45, 2.75) is 46.8 Å². The smallest absolute Gasteiger partial charge is 0.00858 e. The standard InChI is InChI=1S/C11H22S/c1-7-11(9(4)5)12-10(6)8(2)3/h7-10H,1-6H3/b11-7-. The van der Waals surface area contributed by atoms with Crippen LogP contribution in [-0.4, -0.2) is 5.25 Å². The summed E-state index contributed by atoms with van der Waals surface area (Å²) in [5.74, 6) is 1.45. The molecule has 0 aliphatic rings. The highest BCUT2D eigenvalue weighted by Gasteiger charge is 2.11. The molecule has 1 atom stereocenters. The van der Waals surface area contributed by atoms with Gasteiger partial charge in [-0.15, -0.1) is 11.8 Å². The molecule has 0 aliphatic heterocycles. The minimum atomic E-state index is 0.682. The minimum absolute atomic E-state index is 0.682. The summed E-state index contributed by atoms with van der Waals surface area (Å²) in [6.07, 6.45) is 2.24. The van der Waals surface area contributed by atoms with Crippen molar-refractivity contribution >= 4 is 11.8 Å². The third-order valence-corrected chi connectivity index (χ3v) is 4.01. The molecule has 0 saturated heterocycles. The third-order valence-electron chi connectivity index (χ3n) is 2.11. The maximum atomic E-state index is 2.31. The molecule has 0 heterocycles. The van der Waals surface area contributed by atoms with E-state index in [4.69, 9.17) is 0 Å². The molecule has 0 aliphatic carbocycles. The van der Waals surface area contributed by atoms with Crippen LogP contribution in [0.5, 0.6) is 0 Å². The first-order valence-electron chi connectivity index (χ1n) is 4.81. The Morgan fingerprint density at radius 3 is 1.83 bits per heavy atom. The topological polar surface area (TPSA) is 0 Å². The van der Waals surface area contributed by atoms with Gasteiger partial charge in [0.15, 0.2) is 0 Å². The molecule has 0 spiro atoms. The van der Waals surface area contributed by atoms with Crippen molar-refractivity contribution in [3.8, 4) is 0 Å². The Bertz CT molecular complexity index is 145. The normalized spacial score (nSPS) is 15.8. The van der Waals surface area contributed by atoms with E-state index in [-0.39, 0.29) is 0 Å². The first-order valence-corrected chi connectivity index (χ1v) is 5.69. The van der Waals surface area contributed by atoms with Crippen LogP contribution in [0, 0.1) is 11.8 Å². The Labute approximate surface area is 81.8 Å². The highest BCUT2D eigenvalue weighted by atomic mass is 32.2. The molecule has 0 aromatic heterocycles. The zero-order valence-corrected chi connectivity index (χ0v) is 10.0. The van der Waals surface area contributed by atoms with Crippen LogP contribution in [0.4, 0.5) is 0 Å². The van der Waals surface area contributed by atoms with Crippen LogP contribution in [0.3, 0.4) is 0 Å². The number of rotatable bonds is 4. The summed E-state index contributed by atoms with van der Waals surface area (Å²) < 4.78 is 0. The molecule has 0 amide bonds. The van der Waals surface area contributed by atoms with Crippen LogP contribution in [-0.2, 0) is 0 Å². The largest absolute Gasteiger partial charge is 0.127 e. The fourth-order valence-corrected chi connectivity index (χ4v) is 2.00. The van der Waals surface area contributed by atoms with Crippen LogP contribution >= 0.6 is 11.8 Å². The lowest BCUT2D eigenvalue weighted by Crippen LogP contribution is -2.07. The fraction of sp³-hybridized carbons (Fsp3) is 0.818. The molecule has 0 aromatic carbocycles. The maximum Gasteiger partial charge on any atom is 0.00858 e. The average Bonchev–Trinajstić information content (AvgIpc) is 1.98. The van der Waals surface area contributed by atoms with E-state index in [2.05, 4.69) is 47.6 Å². The third kappa shape index (κ3) is 4.20. The molecule has 0 nitrogen and oxygen atoms in total. The van der Waals surface area contributed by atoms with E-state index in [1.807, 2.05) is 11.8 Å². The second kappa shape index (κ2) is 5.69. The van der Waals surface area contributed by atoms with Crippen LogP contribution in [0.15, 0.2) is 11.0 Å². The average molecular weight is 186 g/mol. The Balaban J connectivity index is 4.05. The zero-order chi connectivity index (χ0) is 9.72. The molecule has 0 saturated carbocycles. The zero-order valence-electron chi connectivity index (χ0n) is 9.22. The van der Waals surface area contributed by atoms with E-state index in [0.29, 0.717) is 5.92 Å². The quantitative estimate of drug-likeness (QED) is 0.630. The van der Waals surface area contributed by atoms with E-state index in [1.54, 1.807) is 0 Å². The molecule has 0 radical (unpaired) electrons. The van der Waals surface area contributed by atoms with Gasteiger partial charge in [0, 0.05) is 5.25 Å². The second-order valence-electron chi connectivity index (χ2n) is 3.91. The SMILES string of the molecule is C/C=C(\SC(C)C(C)C)C(C)C. The van der Waals surface area contributed by atoms with Gasteiger partial charge in [0.05, 0.1) is 0 Å². The van der Waals surface area contributed by atoms with E-state index in [1.165, 1.54) is 4.91 Å². The molecule has 0 rings (SSSR count). The van der Waals surface area contributed by atoms with Crippen molar-refractivity contribution in [3.63, 3.8) is 0 Å². The van der Waals surface area contributed by atoms with Crippen molar-refractivity contribution in [1.29, 1.82) is 0 Å². The molecule has 0 bridgehead atoms. The Kier molecular flexibility index (Phi) is 5.73. The number of thioether (sulfide) groups is 1. The van der Waals surface area contributed by atoms with Crippen molar-refractivity contribution in [1.82, 2.24) is 0 Å². The van der Waals surface area contributed by atoms with Gasteiger partial charge < -0.3 is 0 Å². The van der Waals surface area contributed by atoms with E-state index in [0.717, 1.165) is 11.2 Å². The highest BCUT2D eigenvalue weighted by molar-refractivity contribution is 8.03. The molecule has 1 heteroatoms. The van der Waals surface area contributed by atoms with Crippen molar-refractivity contribution in [3.05, 3.63) is 11.0 Å². The number of allylic oxidation sites excluding steroid dienone is 2. The van der Waals surface area contributed by atoms with E-state index < -0.39 is 0 Å². The lowest BCUT2D eigenvalue weighted by molar-refractivity contribution is 0.641. The highest BCUT2D eigenvalue weighted by Crippen LogP contribution is 2.31. The van der Waals surface area contributed by atoms with E-state index >= 15 is 0 Å². The molecule has 0 fully saturated rings. The summed E-state index contributed by atoms with van der Waals surface area (Å²) in [6, 6.07) is 0. The number of hydrogen-bond acceptors (Lipinski definition) is 1. The Morgan fingerprint density at radius 2 is 1.58 bits per heavy atom. The Morgan fingerprint density at radius 1 is 1.08 bits per heavy atom. The van der Waals surface area contributed by atoms with Gasteiger partial charge in [-0.05, 0) is 23.7 Å². The molecule has 12 heavy (non-hydrogen) atoms. The summed E-state index contributed by atoms with van der Waals surface area (Å²) in [6.45, 7) is 13.5. The van der Waals surface area contributed by atoms with Gasteiger partial charge in [0.2, 0.25) is 0 Å². The summed E-state index contributed by atoms with van der Waals surface area (Å²) in [5.41, 5.74) is 0. The van der Waals surface area contributed by atoms with Crippen molar-refractivity contribution < 1.29 is 0 Å². The first kappa shape index (κ1) is 12.1. The predicted molar refractivity (Wildman–Crippen MR) is 60.5 cm³/mol. The summed E-state index contributed by atoms with van der Waals surface area (Å²) in [5, 5.41) is 0.735. The van der Waals surface area contributed by atoms with E-state index in [9.17, 15) is 0 Å².